The third-order valence-electron chi connectivity index (χ3n) is 6.71. The molecule has 7 nitrogen and oxygen atoms in total. The molecular formula is C27H28N6O. The van der Waals surface area contributed by atoms with Crippen molar-refractivity contribution in [3.63, 3.8) is 0 Å². The number of H-pyrrole nitrogens is 1. The summed E-state index contributed by atoms with van der Waals surface area (Å²) < 4.78 is 3.86. The van der Waals surface area contributed by atoms with Gasteiger partial charge in [0.1, 0.15) is 0 Å². The third kappa shape index (κ3) is 4.44. The lowest BCUT2D eigenvalue weighted by atomic mass is 9.95. The zero-order valence-corrected chi connectivity index (χ0v) is 19.2. The van der Waals surface area contributed by atoms with E-state index in [9.17, 15) is 4.79 Å². The van der Waals surface area contributed by atoms with Gasteiger partial charge in [-0.15, -0.1) is 17.4 Å². The molecule has 1 N–H and O–H groups in total. The van der Waals surface area contributed by atoms with Gasteiger partial charge in [-0.05, 0) is 40.0 Å². The number of aromatic nitrogens is 6. The number of benzene rings is 2. The van der Waals surface area contributed by atoms with E-state index in [2.05, 4.69) is 56.9 Å². The van der Waals surface area contributed by atoms with Crippen LogP contribution in [0.5, 0.6) is 0 Å². The van der Waals surface area contributed by atoms with Crippen molar-refractivity contribution >= 4 is 0 Å². The predicted octanol–water partition coefficient (Wildman–Crippen LogP) is 4.62. The zero-order chi connectivity index (χ0) is 23.3. The van der Waals surface area contributed by atoms with Gasteiger partial charge in [0.15, 0.2) is 5.82 Å². The van der Waals surface area contributed by atoms with Gasteiger partial charge in [0.05, 0.1) is 6.54 Å². The smallest absolute Gasteiger partial charge is 0.296 e. The lowest BCUT2D eigenvalue weighted by molar-refractivity contribution is 0.344. The minimum atomic E-state index is 0.0752. The molecule has 34 heavy (non-hydrogen) atoms. The quantitative estimate of drug-likeness (QED) is 0.415. The minimum Gasteiger partial charge on any atom is -0.296 e. The van der Waals surface area contributed by atoms with Crippen LogP contribution in [0.25, 0.3) is 22.5 Å². The number of nitrogens with zero attached hydrogens (tertiary/aromatic N) is 5. The molecule has 0 aliphatic heterocycles. The van der Waals surface area contributed by atoms with E-state index in [0.29, 0.717) is 31.3 Å². The highest BCUT2D eigenvalue weighted by Gasteiger charge is 2.20. The summed E-state index contributed by atoms with van der Waals surface area (Å²) in [7, 11) is 0. The van der Waals surface area contributed by atoms with Gasteiger partial charge in [-0.3, -0.25) is 9.13 Å². The van der Waals surface area contributed by atoms with E-state index in [1.54, 1.807) is 0 Å². The maximum absolute atomic E-state index is 13.4. The highest BCUT2D eigenvalue weighted by atomic mass is 16.1. The molecule has 0 amide bonds. The molecule has 172 valence electrons. The van der Waals surface area contributed by atoms with Crippen molar-refractivity contribution in [3.05, 3.63) is 76.5 Å². The van der Waals surface area contributed by atoms with Crippen molar-refractivity contribution in [2.24, 2.45) is 0 Å². The van der Waals surface area contributed by atoms with Crippen molar-refractivity contribution < 1.29 is 0 Å². The van der Waals surface area contributed by atoms with Gasteiger partial charge in [0, 0.05) is 36.3 Å². The molecule has 0 bridgehead atoms. The number of nitrogens with one attached hydrogen (secondary N) is 1. The second kappa shape index (κ2) is 9.92. The van der Waals surface area contributed by atoms with Crippen molar-refractivity contribution in [2.75, 3.05) is 0 Å². The van der Waals surface area contributed by atoms with Gasteiger partial charge in [-0.2, -0.15) is 0 Å². The highest BCUT2D eigenvalue weighted by Crippen LogP contribution is 2.30. The van der Waals surface area contributed by atoms with Crippen molar-refractivity contribution in [2.45, 2.75) is 57.5 Å². The van der Waals surface area contributed by atoms with Gasteiger partial charge in [-0.25, -0.2) is 9.89 Å². The Hall–Kier alpha value is -3.92. The normalized spacial score (nSPS) is 14.2. The molecule has 2 aromatic heterocycles. The molecule has 0 spiro atoms. The largest absolute Gasteiger partial charge is 0.328 e. The summed E-state index contributed by atoms with van der Waals surface area (Å²) in [6.07, 6.45) is 14.7. The first-order chi connectivity index (χ1) is 16.7. The van der Waals surface area contributed by atoms with Crippen molar-refractivity contribution in [3.8, 4) is 34.9 Å². The molecule has 4 aromatic rings. The van der Waals surface area contributed by atoms with Gasteiger partial charge >= 0.3 is 5.69 Å². The summed E-state index contributed by atoms with van der Waals surface area (Å²) in [5.74, 6) is 3.35. The number of aryl methyl sites for hydroxylation is 1. The van der Waals surface area contributed by atoms with Crippen LogP contribution in [0.2, 0.25) is 0 Å². The second-order valence-corrected chi connectivity index (χ2v) is 8.88. The zero-order valence-electron chi connectivity index (χ0n) is 19.2. The Kier molecular flexibility index (Phi) is 6.39. The van der Waals surface area contributed by atoms with Crippen LogP contribution in [-0.2, 0) is 13.0 Å². The molecule has 7 heteroatoms. The van der Waals surface area contributed by atoms with Crippen LogP contribution in [0.1, 0.15) is 55.8 Å². The summed E-state index contributed by atoms with van der Waals surface area (Å²) in [6, 6.07) is 16.7. The molecule has 0 atom stereocenters. The van der Waals surface area contributed by atoms with Gasteiger partial charge in [0.25, 0.3) is 0 Å². The standard InChI is InChI=1S/C27H28N6O/c1-2-3-9-23-19-33(22-10-5-4-6-11-22)27(34)32(23)18-20-14-16-21(17-15-20)24-12-7-8-13-25(24)26-28-30-31-29-26/h1,7-8,12-17,19,22H,3-6,9-11,18H2,(H,28,29,30,31). The topological polar surface area (TPSA) is 81.4 Å². The van der Waals surface area contributed by atoms with E-state index >= 15 is 0 Å². The summed E-state index contributed by atoms with van der Waals surface area (Å²) in [5, 5.41) is 14.3. The number of tetrazole rings is 1. The summed E-state index contributed by atoms with van der Waals surface area (Å²) in [4.78, 5) is 13.4. The van der Waals surface area contributed by atoms with Crippen LogP contribution in [0.4, 0.5) is 0 Å². The maximum atomic E-state index is 13.4. The molecule has 0 saturated heterocycles. The van der Waals surface area contributed by atoms with Crippen LogP contribution in [0.3, 0.4) is 0 Å². The van der Waals surface area contributed by atoms with Gasteiger partial charge in [-0.1, -0.05) is 67.8 Å². The molecular weight excluding hydrogens is 424 g/mol. The predicted molar refractivity (Wildman–Crippen MR) is 132 cm³/mol. The second-order valence-electron chi connectivity index (χ2n) is 8.88. The molecule has 1 aliphatic carbocycles. The molecule has 2 heterocycles. The molecule has 5 rings (SSSR count). The Morgan fingerprint density at radius 2 is 1.79 bits per heavy atom. The summed E-state index contributed by atoms with van der Waals surface area (Å²) in [6.45, 7) is 0.534. The minimum absolute atomic E-state index is 0.0752. The summed E-state index contributed by atoms with van der Waals surface area (Å²) in [5.41, 5.74) is 5.22. The Morgan fingerprint density at radius 3 is 2.50 bits per heavy atom. The maximum Gasteiger partial charge on any atom is 0.328 e. The Labute approximate surface area is 198 Å². The average Bonchev–Trinajstić information content (AvgIpc) is 3.53. The van der Waals surface area contributed by atoms with Crippen LogP contribution < -0.4 is 5.69 Å². The highest BCUT2D eigenvalue weighted by molar-refractivity contribution is 5.80. The Balaban J connectivity index is 1.43. The summed E-state index contributed by atoms with van der Waals surface area (Å²) >= 11 is 0. The van der Waals surface area contributed by atoms with Crippen molar-refractivity contribution in [1.29, 1.82) is 0 Å². The van der Waals surface area contributed by atoms with E-state index in [1.807, 2.05) is 33.5 Å². The van der Waals surface area contributed by atoms with Crippen molar-refractivity contribution in [1.82, 2.24) is 29.8 Å². The first-order valence-electron chi connectivity index (χ1n) is 11.9. The number of hydrogen-bond donors (Lipinski definition) is 1. The van der Waals surface area contributed by atoms with Crippen LogP contribution in [-0.4, -0.2) is 29.8 Å². The molecule has 1 fully saturated rings. The average molecular weight is 453 g/mol. The van der Waals surface area contributed by atoms with E-state index in [4.69, 9.17) is 6.42 Å². The Morgan fingerprint density at radius 1 is 1.03 bits per heavy atom. The number of aromatic amines is 1. The monoisotopic (exact) mass is 452 g/mol. The number of imidazole rings is 1. The van der Waals surface area contributed by atoms with E-state index in [-0.39, 0.29) is 5.69 Å². The van der Waals surface area contributed by atoms with Crippen LogP contribution in [0.15, 0.2) is 59.5 Å². The van der Waals surface area contributed by atoms with E-state index in [0.717, 1.165) is 40.8 Å². The van der Waals surface area contributed by atoms with E-state index < -0.39 is 0 Å². The lowest BCUT2D eigenvalue weighted by Crippen LogP contribution is -2.29. The fourth-order valence-electron chi connectivity index (χ4n) is 4.92. The van der Waals surface area contributed by atoms with Crippen LogP contribution in [0, 0.1) is 12.3 Å². The van der Waals surface area contributed by atoms with E-state index in [1.165, 1.54) is 19.3 Å². The fraction of sp³-hybridized carbons (Fsp3) is 0.333. The first kappa shape index (κ1) is 21.9. The lowest BCUT2D eigenvalue weighted by Gasteiger charge is -2.22. The van der Waals surface area contributed by atoms with Gasteiger partial charge < -0.3 is 0 Å². The number of hydrogen-bond acceptors (Lipinski definition) is 4. The number of rotatable bonds is 7. The molecule has 0 unspecified atom stereocenters. The molecule has 0 radical (unpaired) electrons. The first-order valence-corrected chi connectivity index (χ1v) is 11.9. The molecule has 1 saturated carbocycles. The fourth-order valence-corrected chi connectivity index (χ4v) is 4.92. The Bertz CT molecular complexity index is 1340. The molecule has 1 aliphatic rings. The SMILES string of the molecule is C#CCCc1cn(C2CCCCC2)c(=O)n1Cc1ccc(-c2ccccc2-c2nnn[nH]2)cc1. The van der Waals surface area contributed by atoms with Gasteiger partial charge in [0.2, 0.25) is 0 Å². The molecule has 2 aromatic carbocycles. The third-order valence-corrected chi connectivity index (χ3v) is 6.71. The van der Waals surface area contributed by atoms with Crippen LogP contribution >= 0.6 is 0 Å². The number of terminal acetylenes is 1.